The number of nitrogens with two attached hydrogens (primary N) is 1. The van der Waals surface area contributed by atoms with Crippen molar-refractivity contribution in [2.75, 3.05) is 18.9 Å². The van der Waals surface area contributed by atoms with Crippen LogP contribution in [0.15, 0.2) is 18.5 Å². The van der Waals surface area contributed by atoms with Crippen LogP contribution in [-0.4, -0.2) is 45.1 Å². The quantitative estimate of drug-likeness (QED) is 0.440. The normalized spacial score (nSPS) is 15.4. The minimum atomic E-state index is -0.819. The third-order valence-corrected chi connectivity index (χ3v) is 6.51. The van der Waals surface area contributed by atoms with Gasteiger partial charge in [-0.15, -0.1) is 0 Å². The molecule has 8 nitrogen and oxygen atoms in total. The molecule has 0 saturated heterocycles. The first-order valence-electron chi connectivity index (χ1n) is 11.8. The molecule has 1 saturated carbocycles. The highest BCUT2D eigenvalue weighted by molar-refractivity contribution is 6.31. The molecule has 1 unspecified atom stereocenters. The number of nitrogens with zero attached hydrogens (tertiary/aromatic N) is 3. The second-order valence-corrected chi connectivity index (χ2v) is 9.72. The van der Waals surface area contributed by atoms with Crippen LogP contribution in [0.2, 0.25) is 5.02 Å². The van der Waals surface area contributed by atoms with Crippen molar-refractivity contribution in [2.24, 2.45) is 0 Å². The Morgan fingerprint density at radius 2 is 2.09 bits per heavy atom. The number of ether oxygens (including phenoxy) is 2. The van der Waals surface area contributed by atoms with Gasteiger partial charge in [0.1, 0.15) is 28.5 Å². The van der Waals surface area contributed by atoms with Crippen molar-refractivity contribution in [3.63, 3.8) is 0 Å². The second kappa shape index (κ2) is 9.62. The first-order valence-corrected chi connectivity index (χ1v) is 12.1. The number of nitrogens with one attached hydrogen (secondary N) is 1. The molecule has 0 aliphatic heterocycles. The van der Waals surface area contributed by atoms with Gasteiger partial charge in [-0.25, -0.2) is 14.4 Å². The molecular weight excluding hydrogens is 473 g/mol. The van der Waals surface area contributed by atoms with Crippen LogP contribution in [0, 0.1) is 12.7 Å². The number of benzene rings is 1. The van der Waals surface area contributed by atoms with Gasteiger partial charge in [-0.2, -0.15) is 0 Å². The van der Waals surface area contributed by atoms with Crippen molar-refractivity contribution in [1.29, 1.82) is 0 Å². The lowest BCUT2D eigenvalue weighted by Gasteiger charge is -2.24. The van der Waals surface area contributed by atoms with Crippen molar-refractivity contribution < 1.29 is 18.7 Å². The van der Waals surface area contributed by atoms with Gasteiger partial charge in [0.2, 0.25) is 0 Å². The van der Waals surface area contributed by atoms with Crippen LogP contribution in [0.1, 0.15) is 73.9 Å². The zero-order valence-electron chi connectivity index (χ0n) is 20.6. The molecule has 35 heavy (non-hydrogen) atoms. The van der Waals surface area contributed by atoms with Gasteiger partial charge < -0.3 is 20.5 Å². The molecule has 2 aromatic heterocycles. The smallest absolute Gasteiger partial charge is 0.258 e. The fraction of sp³-hybridized carbons (Fsp3) is 0.480. The van der Waals surface area contributed by atoms with E-state index < -0.39 is 23.2 Å². The van der Waals surface area contributed by atoms with E-state index in [4.69, 9.17) is 31.8 Å². The third-order valence-electron chi connectivity index (χ3n) is 6.23. The van der Waals surface area contributed by atoms with E-state index in [2.05, 4.69) is 10.3 Å². The van der Waals surface area contributed by atoms with Gasteiger partial charge in [0, 0.05) is 30.5 Å². The molecule has 1 aromatic carbocycles. The highest BCUT2D eigenvalue weighted by Gasteiger charge is 2.45. The summed E-state index contributed by atoms with van der Waals surface area (Å²) in [4.78, 5) is 22.3. The van der Waals surface area contributed by atoms with Crippen LogP contribution >= 0.6 is 11.6 Å². The average Bonchev–Trinajstić information content (AvgIpc) is 3.47. The van der Waals surface area contributed by atoms with Gasteiger partial charge in [0.25, 0.3) is 5.91 Å². The summed E-state index contributed by atoms with van der Waals surface area (Å²) >= 11 is 6.33. The van der Waals surface area contributed by atoms with Crippen molar-refractivity contribution >= 4 is 28.8 Å². The average molecular weight is 504 g/mol. The number of halogens is 2. The van der Waals surface area contributed by atoms with Crippen molar-refractivity contribution in [3.8, 4) is 5.75 Å². The number of rotatable bonds is 9. The van der Waals surface area contributed by atoms with Gasteiger partial charge in [-0.3, -0.25) is 9.20 Å². The lowest BCUT2D eigenvalue weighted by atomic mass is 9.95. The molecule has 3 N–H and O–H groups in total. The van der Waals surface area contributed by atoms with Gasteiger partial charge in [-0.05, 0) is 46.6 Å². The lowest BCUT2D eigenvalue weighted by molar-refractivity contribution is 0.0822. The number of fused-ring (bicyclic) bond motifs is 1. The number of anilines is 1. The summed E-state index contributed by atoms with van der Waals surface area (Å²) in [5.41, 5.74) is 7.32. The summed E-state index contributed by atoms with van der Waals surface area (Å²) in [6, 6.07) is 1.50. The van der Waals surface area contributed by atoms with Crippen molar-refractivity contribution in [2.45, 2.75) is 65.0 Å². The topological polar surface area (TPSA) is 104 Å². The second-order valence-electron chi connectivity index (χ2n) is 9.31. The van der Waals surface area contributed by atoms with E-state index in [1.54, 1.807) is 12.4 Å². The van der Waals surface area contributed by atoms with E-state index in [1.807, 2.05) is 39.0 Å². The van der Waals surface area contributed by atoms with Crippen molar-refractivity contribution in [1.82, 2.24) is 19.7 Å². The fourth-order valence-corrected chi connectivity index (χ4v) is 4.50. The van der Waals surface area contributed by atoms with Gasteiger partial charge in [0.05, 0.1) is 29.0 Å². The number of nitrogen functional groups attached to an aromatic ring is 1. The summed E-state index contributed by atoms with van der Waals surface area (Å²) in [6.07, 6.45) is 4.57. The van der Waals surface area contributed by atoms with Crippen molar-refractivity contribution in [3.05, 3.63) is 51.9 Å². The summed E-state index contributed by atoms with van der Waals surface area (Å²) in [7, 11) is 0. The molecular formula is C25H31ClFN5O3. The number of aromatic nitrogens is 3. The minimum absolute atomic E-state index is 0.149. The Kier molecular flexibility index (Phi) is 6.92. The summed E-state index contributed by atoms with van der Waals surface area (Å²) in [5.74, 6) is -0.658. The number of imidazole rings is 1. The monoisotopic (exact) mass is 503 g/mol. The van der Waals surface area contributed by atoms with Crippen LogP contribution < -0.4 is 15.8 Å². The maximum absolute atomic E-state index is 15.4. The molecule has 0 bridgehead atoms. The van der Waals surface area contributed by atoms with E-state index in [9.17, 15) is 4.79 Å². The summed E-state index contributed by atoms with van der Waals surface area (Å²) in [5, 5.41) is 2.79. The number of aryl methyl sites for hydroxylation is 1. The Morgan fingerprint density at radius 1 is 1.37 bits per heavy atom. The molecule has 3 aromatic rings. The standard InChI is InChI=1S/C25H31ClFN5O3/c1-6-34-12-25(7-8-25)31-24(33)18-19(27)17(26)11-16(21(18)35-13(2)3)14(4)23-30-15(5)20-22(28)29-9-10-32(20)23/h9-11,13-14H,6-8,12H2,1-5H3,(H2,28,29)(H,31,33). The predicted molar refractivity (Wildman–Crippen MR) is 133 cm³/mol. The van der Waals surface area contributed by atoms with Gasteiger partial charge in [-0.1, -0.05) is 18.5 Å². The first kappa shape index (κ1) is 25.2. The Hall–Kier alpha value is -2.91. The number of amides is 1. The van der Waals surface area contributed by atoms with Gasteiger partial charge in [0.15, 0.2) is 5.82 Å². The molecule has 1 atom stereocenters. The largest absolute Gasteiger partial charge is 0.490 e. The van der Waals surface area contributed by atoms with Crippen LogP contribution in [0.5, 0.6) is 5.75 Å². The van der Waals surface area contributed by atoms with Crippen LogP contribution in [0.4, 0.5) is 10.2 Å². The van der Waals surface area contributed by atoms with E-state index in [0.29, 0.717) is 41.6 Å². The molecule has 188 valence electrons. The first-order chi connectivity index (χ1) is 16.6. The molecule has 2 heterocycles. The van der Waals surface area contributed by atoms with Gasteiger partial charge >= 0.3 is 0 Å². The van der Waals surface area contributed by atoms with E-state index in [1.165, 1.54) is 6.07 Å². The zero-order chi connectivity index (χ0) is 25.5. The molecule has 1 amide bonds. The molecule has 4 rings (SSSR count). The molecule has 10 heteroatoms. The Labute approximate surface area is 209 Å². The van der Waals surface area contributed by atoms with Crippen LogP contribution in [-0.2, 0) is 4.74 Å². The molecule has 1 aliphatic rings. The maximum Gasteiger partial charge on any atom is 0.258 e. The Bertz CT molecular complexity index is 1270. The predicted octanol–water partition coefficient (Wildman–Crippen LogP) is 4.65. The van der Waals surface area contributed by atoms with E-state index in [0.717, 1.165) is 12.8 Å². The van der Waals surface area contributed by atoms with Crippen LogP contribution in [0.25, 0.3) is 5.52 Å². The number of hydrogen-bond donors (Lipinski definition) is 2. The molecule has 1 fully saturated rings. The Balaban J connectivity index is 1.83. The SMILES string of the molecule is CCOCC1(NC(=O)c2c(F)c(Cl)cc(C(C)c3nc(C)c4c(N)nccn34)c2OC(C)C)CC1. The number of carbonyl (C=O) groups excluding carboxylic acids is 1. The molecule has 0 spiro atoms. The highest BCUT2D eigenvalue weighted by Crippen LogP contribution is 2.41. The van der Waals surface area contributed by atoms with E-state index in [-0.39, 0.29) is 22.4 Å². The number of carbonyl (C=O) groups is 1. The molecule has 0 radical (unpaired) electrons. The van der Waals surface area contributed by atoms with Crippen LogP contribution in [0.3, 0.4) is 0 Å². The third kappa shape index (κ3) is 4.79. The molecule has 1 aliphatic carbocycles. The zero-order valence-corrected chi connectivity index (χ0v) is 21.4. The minimum Gasteiger partial charge on any atom is -0.490 e. The fourth-order valence-electron chi connectivity index (χ4n) is 4.29. The van der Waals surface area contributed by atoms with E-state index >= 15 is 4.39 Å². The highest BCUT2D eigenvalue weighted by atomic mass is 35.5. The lowest BCUT2D eigenvalue weighted by Crippen LogP contribution is -2.41. The number of hydrogen-bond acceptors (Lipinski definition) is 6. The Morgan fingerprint density at radius 3 is 2.71 bits per heavy atom. The maximum atomic E-state index is 15.4. The summed E-state index contributed by atoms with van der Waals surface area (Å²) < 4.78 is 28.9. The summed E-state index contributed by atoms with van der Waals surface area (Å²) in [6.45, 7) is 10.2.